The summed E-state index contributed by atoms with van der Waals surface area (Å²) in [7, 11) is 1.57. The van der Waals surface area contributed by atoms with Crippen LogP contribution < -0.4 is 14.8 Å². The first-order valence-corrected chi connectivity index (χ1v) is 10.1. The van der Waals surface area contributed by atoms with E-state index in [4.69, 9.17) is 21.1 Å². The van der Waals surface area contributed by atoms with Crippen LogP contribution in [0, 0.1) is 5.92 Å². The Hall–Kier alpha value is -2.73. The highest BCUT2D eigenvalue weighted by atomic mass is 35.5. The van der Waals surface area contributed by atoms with Gasteiger partial charge in [0.25, 0.3) is 5.91 Å². The summed E-state index contributed by atoms with van der Waals surface area (Å²) >= 11 is 5.88. The van der Waals surface area contributed by atoms with E-state index < -0.39 is 0 Å². The highest BCUT2D eigenvalue weighted by molar-refractivity contribution is 6.30. The smallest absolute Gasteiger partial charge is 0.253 e. The molecule has 0 saturated carbocycles. The summed E-state index contributed by atoms with van der Waals surface area (Å²) in [5.41, 5.74) is 1.27. The van der Waals surface area contributed by atoms with Gasteiger partial charge in [-0.15, -0.1) is 0 Å². The molecule has 29 heavy (non-hydrogen) atoms. The Balaban J connectivity index is 1.56. The number of nitrogens with zero attached hydrogens (tertiary/aromatic N) is 1. The predicted octanol–water partition coefficient (Wildman–Crippen LogP) is 4.24. The number of nitrogens with one attached hydrogen (secondary N) is 1. The molecule has 1 aliphatic rings. The van der Waals surface area contributed by atoms with Crippen LogP contribution in [0.2, 0.25) is 5.02 Å². The third kappa shape index (κ3) is 5.21. The molecular weight excluding hydrogens is 392 g/mol. The molecule has 0 aliphatic carbocycles. The van der Waals surface area contributed by atoms with E-state index in [9.17, 15) is 9.59 Å². The van der Waals surface area contributed by atoms with E-state index in [-0.39, 0.29) is 17.7 Å². The van der Waals surface area contributed by atoms with Crippen LogP contribution in [-0.2, 0) is 4.79 Å². The Bertz CT molecular complexity index is 862. The van der Waals surface area contributed by atoms with Gasteiger partial charge in [-0.25, -0.2) is 0 Å². The van der Waals surface area contributed by atoms with Gasteiger partial charge in [-0.2, -0.15) is 0 Å². The Morgan fingerprint density at radius 3 is 2.41 bits per heavy atom. The van der Waals surface area contributed by atoms with Gasteiger partial charge in [-0.3, -0.25) is 9.59 Å². The summed E-state index contributed by atoms with van der Waals surface area (Å²) in [6, 6.07) is 12.2. The van der Waals surface area contributed by atoms with Crippen molar-refractivity contribution in [2.75, 3.05) is 32.1 Å². The summed E-state index contributed by atoms with van der Waals surface area (Å²) in [4.78, 5) is 27.0. The van der Waals surface area contributed by atoms with Crippen molar-refractivity contribution in [1.82, 2.24) is 4.90 Å². The molecule has 1 fully saturated rings. The fourth-order valence-corrected chi connectivity index (χ4v) is 3.51. The van der Waals surface area contributed by atoms with Gasteiger partial charge >= 0.3 is 0 Å². The van der Waals surface area contributed by atoms with Gasteiger partial charge in [0.15, 0.2) is 11.5 Å². The van der Waals surface area contributed by atoms with Crippen molar-refractivity contribution in [1.29, 1.82) is 0 Å². The number of hydrogen-bond donors (Lipinski definition) is 1. The average molecular weight is 417 g/mol. The molecule has 2 aromatic rings. The first-order chi connectivity index (χ1) is 14.0. The van der Waals surface area contributed by atoms with Crippen LogP contribution in [0.25, 0.3) is 0 Å². The minimum Gasteiger partial charge on any atom is -0.493 e. The Labute approximate surface area is 175 Å². The van der Waals surface area contributed by atoms with Crippen molar-refractivity contribution < 1.29 is 19.1 Å². The second kappa shape index (κ2) is 9.65. The van der Waals surface area contributed by atoms with Crippen molar-refractivity contribution in [2.24, 2.45) is 5.92 Å². The third-order valence-electron chi connectivity index (χ3n) is 4.98. The van der Waals surface area contributed by atoms with Crippen molar-refractivity contribution in [3.05, 3.63) is 53.1 Å². The third-order valence-corrected chi connectivity index (χ3v) is 5.23. The lowest BCUT2D eigenvalue weighted by atomic mass is 9.95. The van der Waals surface area contributed by atoms with Gasteiger partial charge in [0.2, 0.25) is 5.91 Å². The number of methoxy groups -OCH3 is 1. The molecule has 154 valence electrons. The average Bonchev–Trinajstić information content (AvgIpc) is 2.75. The number of ether oxygens (including phenoxy) is 2. The van der Waals surface area contributed by atoms with Crippen LogP contribution in [0.1, 0.15) is 30.1 Å². The lowest BCUT2D eigenvalue weighted by Gasteiger charge is -2.31. The Kier molecular flexibility index (Phi) is 6.99. The first-order valence-electron chi connectivity index (χ1n) is 9.68. The van der Waals surface area contributed by atoms with Crippen molar-refractivity contribution >= 4 is 29.1 Å². The number of carbonyl (C=O) groups excluding carboxylic acids is 2. The highest BCUT2D eigenvalue weighted by Gasteiger charge is 2.28. The van der Waals surface area contributed by atoms with Gasteiger partial charge in [-0.05, 0) is 56.2 Å². The number of piperidine rings is 1. The van der Waals surface area contributed by atoms with Gasteiger partial charge in [0, 0.05) is 41.3 Å². The zero-order valence-corrected chi connectivity index (χ0v) is 17.4. The quantitative estimate of drug-likeness (QED) is 0.764. The van der Waals surface area contributed by atoms with Crippen molar-refractivity contribution in [3.63, 3.8) is 0 Å². The lowest BCUT2D eigenvalue weighted by Crippen LogP contribution is -2.41. The summed E-state index contributed by atoms with van der Waals surface area (Å²) in [6.07, 6.45) is 1.25. The number of amides is 2. The maximum atomic E-state index is 12.7. The summed E-state index contributed by atoms with van der Waals surface area (Å²) in [5.74, 6) is 1.00. The van der Waals surface area contributed by atoms with E-state index in [1.165, 1.54) is 0 Å². The van der Waals surface area contributed by atoms with Gasteiger partial charge in [0.1, 0.15) is 0 Å². The second-order valence-corrected chi connectivity index (χ2v) is 7.30. The van der Waals surface area contributed by atoms with Crippen LogP contribution in [0.5, 0.6) is 11.5 Å². The molecule has 1 N–H and O–H groups in total. The fraction of sp³-hybridized carbons (Fsp3) is 0.364. The van der Waals surface area contributed by atoms with Crippen LogP contribution in [0.3, 0.4) is 0 Å². The molecule has 2 aromatic carbocycles. The maximum Gasteiger partial charge on any atom is 0.253 e. The summed E-state index contributed by atoms with van der Waals surface area (Å²) in [6.45, 7) is 3.53. The van der Waals surface area contributed by atoms with E-state index >= 15 is 0 Å². The molecule has 1 heterocycles. The van der Waals surface area contributed by atoms with Gasteiger partial charge < -0.3 is 19.7 Å². The van der Waals surface area contributed by atoms with E-state index in [1.54, 1.807) is 54.5 Å². The van der Waals surface area contributed by atoms with Crippen LogP contribution >= 0.6 is 11.6 Å². The molecule has 0 unspecified atom stereocenters. The topological polar surface area (TPSA) is 67.9 Å². The molecule has 0 bridgehead atoms. The molecule has 7 heteroatoms. The van der Waals surface area contributed by atoms with Gasteiger partial charge in [0.05, 0.1) is 13.7 Å². The number of anilines is 1. The summed E-state index contributed by atoms with van der Waals surface area (Å²) < 4.78 is 10.8. The predicted molar refractivity (Wildman–Crippen MR) is 113 cm³/mol. The number of likely N-dealkylation sites (tertiary alicyclic amines) is 1. The largest absolute Gasteiger partial charge is 0.493 e. The zero-order valence-electron chi connectivity index (χ0n) is 16.6. The van der Waals surface area contributed by atoms with Gasteiger partial charge in [-0.1, -0.05) is 11.6 Å². The second-order valence-electron chi connectivity index (χ2n) is 6.86. The molecule has 0 atom stereocenters. The number of benzene rings is 2. The monoisotopic (exact) mass is 416 g/mol. The molecule has 0 spiro atoms. The van der Waals surface area contributed by atoms with E-state index in [0.29, 0.717) is 60.3 Å². The molecule has 2 amide bonds. The van der Waals surface area contributed by atoms with Crippen LogP contribution in [0.4, 0.5) is 5.69 Å². The SMILES string of the molecule is CCOc1ccc(NC(=O)C2CCN(C(=O)c3ccc(Cl)cc3)CC2)cc1OC. The molecule has 0 radical (unpaired) electrons. The van der Waals surface area contributed by atoms with E-state index in [0.717, 1.165) is 0 Å². The molecule has 3 rings (SSSR count). The number of halogens is 1. The fourth-order valence-electron chi connectivity index (χ4n) is 3.38. The van der Waals surface area contributed by atoms with E-state index in [2.05, 4.69) is 5.32 Å². The Morgan fingerprint density at radius 2 is 1.79 bits per heavy atom. The molecule has 0 aromatic heterocycles. The van der Waals surface area contributed by atoms with Crippen molar-refractivity contribution in [2.45, 2.75) is 19.8 Å². The number of rotatable bonds is 6. The molecular formula is C22H25ClN2O4. The maximum absolute atomic E-state index is 12.7. The Morgan fingerprint density at radius 1 is 1.10 bits per heavy atom. The summed E-state index contributed by atoms with van der Waals surface area (Å²) in [5, 5.41) is 3.54. The van der Waals surface area contributed by atoms with E-state index in [1.807, 2.05) is 6.92 Å². The highest BCUT2D eigenvalue weighted by Crippen LogP contribution is 2.31. The van der Waals surface area contributed by atoms with Crippen LogP contribution in [-0.4, -0.2) is 43.5 Å². The van der Waals surface area contributed by atoms with Crippen molar-refractivity contribution in [3.8, 4) is 11.5 Å². The number of hydrogen-bond acceptors (Lipinski definition) is 4. The molecule has 1 saturated heterocycles. The standard InChI is InChI=1S/C22H25ClN2O4/c1-3-29-19-9-8-18(14-20(19)28-2)24-21(26)15-10-12-25(13-11-15)22(27)16-4-6-17(23)7-5-16/h4-9,14-15H,3,10-13H2,1-2H3,(H,24,26). The zero-order chi connectivity index (χ0) is 20.8. The minimum absolute atomic E-state index is 0.0308. The lowest BCUT2D eigenvalue weighted by molar-refractivity contribution is -0.121. The normalized spacial score (nSPS) is 14.4. The number of carbonyl (C=O) groups is 2. The first kappa shape index (κ1) is 21.0. The molecule has 1 aliphatic heterocycles. The minimum atomic E-state index is -0.137. The van der Waals surface area contributed by atoms with Crippen LogP contribution in [0.15, 0.2) is 42.5 Å². The molecule has 6 nitrogen and oxygen atoms in total.